The summed E-state index contributed by atoms with van der Waals surface area (Å²) in [5.74, 6) is 0.929. The summed E-state index contributed by atoms with van der Waals surface area (Å²) >= 11 is 0. The average molecular weight is 372 g/mol. The lowest BCUT2D eigenvalue weighted by Gasteiger charge is -2.10. The van der Waals surface area contributed by atoms with Gasteiger partial charge >= 0.3 is 0 Å². The maximum atomic E-state index is 4.48. The van der Waals surface area contributed by atoms with E-state index in [0.717, 1.165) is 11.3 Å². The molecule has 5 aromatic rings. The first kappa shape index (κ1) is 17.2. The molecule has 0 bridgehead atoms. The van der Waals surface area contributed by atoms with Crippen molar-refractivity contribution in [1.29, 1.82) is 0 Å². The van der Waals surface area contributed by atoms with Crippen molar-refractivity contribution in [2.24, 2.45) is 0 Å². The highest BCUT2D eigenvalue weighted by atomic mass is 15.0. The largest absolute Gasteiger partial charge is 0.301 e. The third kappa shape index (κ3) is 3.48. The summed E-state index contributed by atoms with van der Waals surface area (Å²) in [6.07, 6.45) is 6.16. The number of nitrogens with zero attached hydrogens (tertiary/aromatic N) is 2. The molecule has 2 aromatic heterocycles. The van der Waals surface area contributed by atoms with E-state index in [2.05, 4.69) is 101 Å². The van der Waals surface area contributed by atoms with E-state index < -0.39 is 0 Å². The predicted octanol–water partition coefficient (Wildman–Crippen LogP) is 6.61. The molecular weight excluding hydrogens is 352 g/mol. The van der Waals surface area contributed by atoms with E-state index in [4.69, 9.17) is 0 Å². The monoisotopic (exact) mass is 372 g/mol. The Labute approximate surface area is 170 Å². The molecule has 0 fully saturated rings. The van der Waals surface area contributed by atoms with Gasteiger partial charge in [-0.25, -0.2) is 4.98 Å². The van der Waals surface area contributed by atoms with E-state index in [1.807, 2.05) is 30.5 Å². The summed E-state index contributed by atoms with van der Waals surface area (Å²) in [6.45, 7) is 0. The quantitative estimate of drug-likeness (QED) is 0.324. The Morgan fingerprint density at radius 2 is 1.45 bits per heavy atom. The molecule has 0 unspecified atom stereocenters. The molecule has 3 aromatic carbocycles. The van der Waals surface area contributed by atoms with Gasteiger partial charge in [0.15, 0.2) is 0 Å². The lowest BCUT2D eigenvalue weighted by atomic mass is 9.95. The molecular formula is C27H20N2. The zero-order chi connectivity index (χ0) is 19.5. The molecule has 29 heavy (non-hydrogen) atoms. The van der Waals surface area contributed by atoms with Crippen molar-refractivity contribution in [3.05, 3.63) is 132 Å². The van der Waals surface area contributed by atoms with Crippen LogP contribution in [0.5, 0.6) is 0 Å². The summed E-state index contributed by atoms with van der Waals surface area (Å²) in [5.41, 5.74) is 5.97. The molecule has 0 radical (unpaired) electrons. The van der Waals surface area contributed by atoms with Gasteiger partial charge in [-0.3, -0.25) is 0 Å². The Hall–Kier alpha value is -3.91. The lowest BCUT2D eigenvalue weighted by Crippen LogP contribution is -1.94. The summed E-state index contributed by atoms with van der Waals surface area (Å²) in [7, 11) is 0. The Kier molecular flexibility index (Phi) is 4.51. The first-order chi connectivity index (χ1) is 14.4. The van der Waals surface area contributed by atoms with Crippen molar-refractivity contribution in [3.8, 4) is 5.82 Å². The Bertz CT molecular complexity index is 1270. The highest BCUT2D eigenvalue weighted by Crippen LogP contribution is 2.29. The second kappa shape index (κ2) is 7.61. The molecule has 0 amide bonds. The topological polar surface area (TPSA) is 17.8 Å². The fourth-order valence-electron chi connectivity index (χ4n) is 3.67. The maximum Gasteiger partial charge on any atom is 0.137 e. The molecule has 2 nitrogen and oxygen atoms in total. The van der Waals surface area contributed by atoms with Crippen LogP contribution in [0.3, 0.4) is 0 Å². The molecule has 0 aliphatic heterocycles. The van der Waals surface area contributed by atoms with Gasteiger partial charge in [-0.05, 0) is 58.7 Å². The van der Waals surface area contributed by atoms with Crippen molar-refractivity contribution in [2.45, 2.75) is 0 Å². The molecule has 2 heterocycles. The van der Waals surface area contributed by atoms with Crippen molar-refractivity contribution < 1.29 is 0 Å². The number of aromatic nitrogens is 2. The van der Waals surface area contributed by atoms with Crippen LogP contribution < -0.4 is 0 Å². The molecule has 0 spiro atoms. The SMILES string of the molecule is C(=C(\c1ccccc1)c1ccc2c(ccn2-c2ccccn2)c1)/c1ccccc1. The van der Waals surface area contributed by atoms with Crippen LogP contribution in [0.2, 0.25) is 0 Å². The van der Waals surface area contributed by atoms with Gasteiger partial charge in [0.1, 0.15) is 5.82 Å². The molecule has 138 valence electrons. The number of fused-ring (bicyclic) bond motifs is 1. The molecule has 0 saturated heterocycles. The number of rotatable bonds is 4. The van der Waals surface area contributed by atoms with Gasteiger partial charge in [-0.15, -0.1) is 0 Å². The van der Waals surface area contributed by atoms with Gasteiger partial charge in [0.25, 0.3) is 0 Å². The van der Waals surface area contributed by atoms with Crippen LogP contribution in [0.1, 0.15) is 16.7 Å². The third-order valence-corrected chi connectivity index (χ3v) is 5.09. The van der Waals surface area contributed by atoms with Gasteiger partial charge in [-0.1, -0.05) is 72.8 Å². The maximum absolute atomic E-state index is 4.48. The molecule has 0 aliphatic rings. The first-order valence-electron chi connectivity index (χ1n) is 9.73. The molecule has 2 heteroatoms. The van der Waals surface area contributed by atoms with Crippen LogP contribution in [-0.4, -0.2) is 9.55 Å². The third-order valence-electron chi connectivity index (χ3n) is 5.09. The van der Waals surface area contributed by atoms with E-state index in [0.29, 0.717) is 0 Å². The van der Waals surface area contributed by atoms with E-state index in [1.165, 1.54) is 27.6 Å². The highest BCUT2D eigenvalue weighted by Gasteiger charge is 2.09. The predicted molar refractivity (Wildman–Crippen MR) is 121 cm³/mol. The average Bonchev–Trinajstić information content (AvgIpc) is 3.23. The zero-order valence-corrected chi connectivity index (χ0v) is 15.9. The minimum atomic E-state index is 0.929. The number of hydrogen-bond acceptors (Lipinski definition) is 1. The van der Waals surface area contributed by atoms with Crippen molar-refractivity contribution in [1.82, 2.24) is 9.55 Å². The van der Waals surface area contributed by atoms with Crippen LogP contribution in [-0.2, 0) is 0 Å². The summed E-state index contributed by atoms with van der Waals surface area (Å²) in [4.78, 5) is 4.48. The minimum Gasteiger partial charge on any atom is -0.301 e. The van der Waals surface area contributed by atoms with Gasteiger partial charge in [0.2, 0.25) is 0 Å². The van der Waals surface area contributed by atoms with Crippen LogP contribution in [0, 0.1) is 0 Å². The van der Waals surface area contributed by atoms with Gasteiger partial charge in [-0.2, -0.15) is 0 Å². The van der Waals surface area contributed by atoms with Gasteiger partial charge < -0.3 is 4.57 Å². The number of hydrogen-bond donors (Lipinski definition) is 0. The van der Waals surface area contributed by atoms with E-state index in [9.17, 15) is 0 Å². The number of benzene rings is 3. The molecule has 0 aliphatic carbocycles. The molecule has 0 N–H and O–H groups in total. The zero-order valence-electron chi connectivity index (χ0n) is 15.9. The summed E-state index contributed by atoms with van der Waals surface area (Å²) in [5, 5.41) is 1.20. The van der Waals surface area contributed by atoms with E-state index >= 15 is 0 Å². The highest BCUT2D eigenvalue weighted by molar-refractivity contribution is 5.95. The lowest BCUT2D eigenvalue weighted by molar-refractivity contribution is 1.04. The first-order valence-corrected chi connectivity index (χ1v) is 9.73. The second-order valence-corrected chi connectivity index (χ2v) is 6.98. The Morgan fingerprint density at radius 1 is 0.690 bits per heavy atom. The standard InChI is InChI=1S/C27H20N2/c1-3-9-21(10-4-1)19-25(22-11-5-2-6-12-22)23-14-15-26-24(20-23)16-18-29(26)27-13-7-8-17-28-27/h1-20H/b25-19-. The fourth-order valence-corrected chi connectivity index (χ4v) is 3.67. The molecule has 5 rings (SSSR count). The van der Waals surface area contributed by atoms with Crippen LogP contribution in [0.15, 0.2) is 116 Å². The van der Waals surface area contributed by atoms with Crippen molar-refractivity contribution >= 4 is 22.6 Å². The molecule has 0 atom stereocenters. The minimum absolute atomic E-state index is 0.929. The van der Waals surface area contributed by atoms with Crippen molar-refractivity contribution in [3.63, 3.8) is 0 Å². The van der Waals surface area contributed by atoms with Crippen LogP contribution in [0.25, 0.3) is 28.4 Å². The molecule has 0 saturated carbocycles. The van der Waals surface area contributed by atoms with E-state index in [1.54, 1.807) is 0 Å². The van der Waals surface area contributed by atoms with Gasteiger partial charge in [0.05, 0.1) is 5.52 Å². The van der Waals surface area contributed by atoms with Crippen LogP contribution >= 0.6 is 0 Å². The second-order valence-electron chi connectivity index (χ2n) is 6.98. The summed E-state index contributed by atoms with van der Waals surface area (Å²) < 4.78 is 2.13. The summed E-state index contributed by atoms with van der Waals surface area (Å²) in [6, 6.07) is 35.8. The van der Waals surface area contributed by atoms with Crippen LogP contribution in [0.4, 0.5) is 0 Å². The van der Waals surface area contributed by atoms with E-state index in [-0.39, 0.29) is 0 Å². The normalized spacial score (nSPS) is 11.7. The van der Waals surface area contributed by atoms with Gasteiger partial charge in [0, 0.05) is 17.8 Å². The Balaban J connectivity index is 1.64. The van der Waals surface area contributed by atoms with Crippen molar-refractivity contribution in [2.75, 3.05) is 0 Å². The fraction of sp³-hybridized carbons (Fsp3) is 0. The smallest absolute Gasteiger partial charge is 0.137 e. The number of pyridine rings is 1. The Morgan fingerprint density at radius 3 is 2.21 bits per heavy atom.